The molecule has 0 radical (unpaired) electrons. The fourth-order valence-corrected chi connectivity index (χ4v) is 2.64. The van der Waals surface area contributed by atoms with Gasteiger partial charge in [0.1, 0.15) is 11.7 Å². The van der Waals surface area contributed by atoms with Crippen LogP contribution in [0.15, 0.2) is 24.3 Å². The van der Waals surface area contributed by atoms with E-state index >= 15 is 0 Å². The standard InChI is InChI=1S/C14H18O6/c1-13(2)19-11(7-15)14(8-16,20-13)10-6-4-3-5-9(10)12(17)18/h3-6,11,15-16H,7-8H2,1-2H3,(H,17,18). The number of hydrogen-bond donors (Lipinski definition) is 3. The van der Waals surface area contributed by atoms with E-state index in [0.29, 0.717) is 5.56 Å². The van der Waals surface area contributed by atoms with Crippen LogP contribution in [0.4, 0.5) is 0 Å². The van der Waals surface area contributed by atoms with E-state index in [1.807, 2.05) is 0 Å². The molecule has 0 saturated carbocycles. The highest BCUT2D eigenvalue weighted by Crippen LogP contribution is 2.44. The van der Waals surface area contributed by atoms with Crippen molar-refractivity contribution in [3.05, 3.63) is 35.4 Å². The molecule has 0 amide bonds. The molecule has 3 N–H and O–H groups in total. The minimum atomic E-state index is -1.40. The van der Waals surface area contributed by atoms with Crippen LogP contribution in [0, 0.1) is 0 Å². The van der Waals surface area contributed by atoms with Crippen LogP contribution in [0.2, 0.25) is 0 Å². The van der Waals surface area contributed by atoms with Crippen molar-refractivity contribution in [2.24, 2.45) is 0 Å². The van der Waals surface area contributed by atoms with Gasteiger partial charge in [-0.2, -0.15) is 0 Å². The smallest absolute Gasteiger partial charge is 0.336 e. The average Bonchev–Trinajstić information content (AvgIpc) is 2.70. The number of aliphatic hydroxyl groups excluding tert-OH is 2. The maximum absolute atomic E-state index is 11.4. The minimum absolute atomic E-state index is 0.0151. The van der Waals surface area contributed by atoms with Crippen molar-refractivity contribution in [3.8, 4) is 0 Å². The molecule has 0 aromatic heterocycles. The number of carboxylic acids is 1. The molecule has 0 aliphatic carbocycles. The third-order valence-electron chi connectivity index (χ3n) is 3.39. The van der Waals surface area contributed by atoms with Crippen molar-refractivity contribution in [1.82, 2.24) is 0 Å². The van der Waals surface area contributed by atoms with Gasteiger partial charge < -0.3 is 24.8 Å². The minimum Gasteiger partial charge on any atom is -0.478 e. The Labute approximate surface area is 116 Å². The van der Waals surface area contributed by atoms with Crippen LogP contribution in [0.5, 0.6) is 0 Å². The molecule has 1 aliphatic heterocycles. The highest BCUT2D eigenvalue weighted by Gasteiger charge is 2.55. The quantitative estimate of drug-likeness (QED) is 0.753. The van der Waals surface area contributed by atoms with Gasteiger partial charge in [0.2, 0.25) is 0 Å². The number of aliphatic hydroxyl groups is 2. The fraction of sp³-hybridized carbons (Fsp3) is 0.500. The van der Waals surface area contributed by atoms with Crippen LogP contribution < -0.4 is 0 Å². The zero-order valence-electron chi connectivity index (χ0n) is 11.4. The molecule has 6 heteroatoms. The van der Waals surface area contributed by atoms with Gasteiger partial charge in [-0.3, -0.25) is 0 Å². The molecule has 1 saturated heterocycles. The van der Waals surface area contributed by atoms with Crippen LogP contribution in [0.25, 0.3) is 0 Å². The SMILES string of the molecule is CC1(C)OC(CO)C(CO)(c2ccccc2C(=O)O)O1. The predicted molar refractivity (Wildman–Crippen MR) is 69.3 cm³/mol. The Balaban J connectivity index is 2.59. The lowest BCUT2D eigenvalue weighted by Gasteiger charge is -2.32. The first kappa shape index (κ1) is 14.9. The topological polar surface area (TPSA) is 96.2 Å². The lowest BCUT2D eigenvalue weighted by Crippen LogP contribution is -2.44. The Bertz CT molecular complexity index is 512. The van der Waals surface area contributed by atoms with Crippen LogP contribution in [0.3, 0.4) is 0 Å². The molecule has 1 aliphatic rings. The van der Waals surface area contributed by atoms with Gasteiger partial charge in [0.15, 0.2) is 5.79 Å². The van der Waals surface area contributed by atoms with E-state index in [2.05, 4.69) is 0 Å². The number of benzene rings is 1. The Morgan fingerprint density at radius 2 is 1.95 bits per heavy atom. The summed E-state index contributed by atoms with van der Waals surface area (Å²) < 4.78 is 11.3. The summed E-state index contributed by atoms with van der Waals surface area (Å²) in [6.07, 6.45) is -0.844. The number of ether oxygens (including phenoxy) is 2. The normalized spacial score (nSPS) is 28.5. The summed E-state index contributed by atoms with van der Waals surface area (Å²) >= 11 is 0. The zero-order chi connectivity index (χ0) is 15.0. The highest BCUT2D eigenvalue weighted by atomic mass is 16.8. The molecule has 1 aromatic carbocycles. The van der Waals surface area contributed by atoms with Gasteiger partial charge in [-0.1, -0.05) is 18.2 Å². The summed E-state index contributed by atoms with van der Waals surface area (Å²) in [5.41, 5.74) is -1.09. The molecule has 110 valence electrons. The van der Waals surface area contributed by atoms with Crippen molar-refractivity contribution in [3.63, 3.8) is 0 Å². The predicted octanol–water partition coefficient (Wildman–Crippen LogP) is 0.716. The van der Waals surface area contributed by atoms with E-state index in [4.69, 9.17) is 9.47 Å². The Hall–Kier alpha value is -1.47. The van der Waals surface area contributed by atoms with Crippen LogP contribution >= 0.6 is 0 Å². The summed E-state index contributed by atoms with van der Waals surface area (Å²) in [5, 5.41) is 28.6. The number of aromatic carboxylic acids is 1. The Morgan fingerprint density at radius 3 is 2.50 bits per heavy atom. The van der Waals surface area contributed by atoms with Crippen LogP contribution in [0.1, 0.15) is 29.8 Å². The second kappa shape index (κ2) is 5.14. The number of carbonyl (C=O) groups is 1. The van der Waals surface area contributed by atoms with Crippen molar-refractivity contribution in [2.45, 2.75) is 31.3 Å². The zero-order valence-corrected chi connectivity index (χ0v) is 11.4. The molecule has 20 heavy (non-hydrogen) atoms. The van der Waals surface area contributed by atoms with Gasteiger partial charge in [-0.25, -0.2) is 4.79 Å². The maximum Gasteiger partial charge on any atom is 0.336 e. The van der Waals surface area contributed by atoms with E-state index in [0.717, 1.165) is 0 Å². The molecule has 2 atom stereocenters. The number of carboxylic acid groups (broad SMARTS) is 1. The van der Waals surface area contributed by atoms with Crippen molar-refractivity contribution < 1.29 is 29.6 Å². The van der Waals surface area contributed by atoms with Gasteiger partial charge >= 0.3 is 5.97 Å². The lowest BCUT2D eigenvalue weighted by molar-refractivity contribution is -0.173. The van der Waals surface area contributed by atoms with Crippen molar-refractivity contribution in [2.75, 3.05) is 13.2 Å². The van der Waals surface area contributed by atoms with Crippen molar-refractivity contribution in [1.29, 1.82) is 0 Å². The van der Waals surface area contributed by atoms with Crippen molar-refractivity contribution >= 4 is 5.97 Å². The summed E-state index contributed by atoms with van der Waals surface area (Å²) in [4.78, 5) is 11.4. The van der Waals surface area contributed by atoms with Gasteiger partial charge in [0, 0.05) is 5.56 Å². The van der Waals surface area contributed by atoms with Gasteiger partial charge in [0.25, 0.3) is 0 Å². The van der Waals surface area contributed by atoms with Crippen LogP contribution in [-0.2, 0) is 15.1 Å². The third kappa shape index (κ3) is 2.31. The lowest BCUT2D eigenvalue weighted by atomic mass is 9.85. The molecular weight excluding hydrogens is 264 g/mol. The van der Waals surface area contributed by atoms with E-state index in [9.17, 15) is 20.1 Å². The van der Waals surface area contributed by atoms with E-state index in [1.54, 1.807) is 32.0 Å². The molecule has 0 bridgehead atoms. The van der Waals surface area contributed by atoms with Gasteiger partial charge in [0.05, 0.1) is 18.8 Å². The second-order valence-electron chi connectivity index (χ2n) is 5.19. The number of hydrogen-bond acceptors (Lipinski definition) is 5. The summed E-state index contributed by atoms with van der Waals surface area (Å²) in [6.45, 7) is 2.41. The summed E-state index contributed by atoms with van der Waals surface area (Å²) in [6, 6.07) is 6.24. The molecular formula is C14H18O6. The fourth-order valence-electron chi connectivity index (χ4n) is 2.64. The molecule has 1 heterocycles. The third-order valence-corrected chi connectivity index (χ3v) is 3.39. The first-order valence-corrected chi connectivity index (χ1v) is 6.29. The summed E-state index contributed by atoms with van der Waals surface area (Å²) in [7, 11) is 0. The molecule has 0 spiro atoms. The van der Waals surface area contributed by atoms with E-state index in [-0.39, 0.29) is 5.56 Å². The molecule has 1 fully saturated rings. The molecule has 2 rings (SSSR count). The number of rotatable bonds is 4. The molecule has 1 aromatic rings. The first-order valence-electron chi connectivity index (χ1n) is 6.29. The largest absolute Gasteiger partial charge is 0.478 e. The molecule has 6 nitrogen and oxygen atoms in total. The average molecular weight is 282 g/mol. The summed E-state index contributed by atoms with van der Waals surface area (Å²) in [5.74, 6) is -2.15. The van der Waals surface area contributed by atoms with E-state index < -0.39 is 36.7 Å². The van der Waals surface area contributed by atoms with Gasteiger partial charge in [-0.05, 0) is 19.9 Å². The Kier molecular flexibility index (Phi) is 3.84. The van der Waals surface area contributed by atoms with Crippen LogP contribution in [-0.4, -0.2) is 46.4 Å². The van der Waals surface area contributed by atoms with Gasteiger partial charge in [-0.15, -0.1) is 0 Å². The highest BCUT2D eigenvalue weighted by molar-refractivity contribution is 5.89. The molecule has 2 unspecified atom stereocenters. The maximum atomic E-state index is 11.4. The van der Waals surface area contributed by atoms with E-state index in [1.165, 1.54) is 6.07 Å². The first-order chi connectivity index (χ1) is 9.36. The second-order valence-corrected chi connectivity index (χ2v) is 5.19. The Morgan fingerprint density at radius 1 is 1.30 bits per heavy atom. The monoisotopic (exact) mass is 282 g/mol.